The van der Waals surface area contributed by atoms with Gasteiger partial charge in [0.1, 0.15) is 0 Å². The molecule has 7 nitrogen and oxygen atoms in total. The predicted octanol–water partition coefficient (Wildman–Crippen LogP) is 1.73. The van der Waals surface area contributed by atoms with Crippen LogP contribution in [0.1, 0.15) is 57.2 Å². The fraction of sp³-hybridized carbons (Fsp3) is 0.875. The summed E-state index contributed by atoms with van der Waals surface area (Å²) in [4.78, 5) is 6.79. The van der Waals surface area contributed by atoms with Crippen LogP contribution in [0.4, 0.5) is 0 Å². The first-order chi connectivity index (χ1) is 11.3. The van der Waals surface area contributed by atoms with Gasteiger partial charge in [-0.2, -0.15) is 4.98 Å². The van der Waals surface area contributed by atoms with Gasteiger partial charge in [-0.1, -0.05) is 31.8 Å². The number of rotatable bonds is 6. The fourth-order valence-electron chi connectivity index (χ4n) is 3.99. The van der Waals surface area contributed by atoms with E-state index in [2.05, 4.69) is 33.6 Å². The molecule has 2 atom stereocenters. The molecule has 0 bridgehead atoms. The van der Waals surface area contributed by atoms with Gasteiger partial charge in [0.25, 0.3) is 0 Å². The molecular formula is C16H28N4O3S. The summed E-state index contributed by atoms with van der Waals surface area (Å²) in [5.41, 5.74) is 0. The smallest absolute Gasteiger partial charge is 0.229 e. The maximum Gasteiger partial charge on any atom is 0.229 e. The van der Waals surface area contributed by atoms with E-state index in [1.165, 1.54) is 19.1 Å². The van der Waals surface area contributed by atoms with E-state index in [9.17, 15) is 8.42 Å². The molecular weight excluding hydrogens is 328 g/mol. The fourth-order valence-corrected chi connectivity index (χ4v) is 4.79. The quantitative estimate of drug-likeness (QED) is 0.835. The van der Waals surface area contributed by atoms with Gasteiger partial charge in [-0.05, 0) is 24.7 Å². The molecule has 24 heavy (non-hydrogen) atoms. The summed E-state index contributed by atoms with van der Waals surface area (Å²) >= 11 is 0. The molecule has 1 aromatic heterocycles. The molecule has 3 rings (SSSR count). The number of hydrogen-bond donors (Lipinski definition) is 1. The minimum atomic E-state index is -3.20. The summed E-state index contributed by atoms with van der Waals surface area (Å²) in [6, 6.07) is -0.0544. The van der Waals surface area contributed by atoms with Gasteiger partial charge in [0.15, 0.2) is 5.82 Å². The average molecular weight is 356 g/mol. The highest BCUT2D eigenvalue weighted by Crippen LogP contribution is 2.33. The van der Waals surface area contributed by atoms with E-state index in [0.29, 0.717) is 36.7 Å². The normalized spacial score (nSPS) is 26.7. The first-order valence-electron chi connectivity index (χ1n) is 8.84. The molecule has 1 aromatic rings. The zero-order valence-electron chi connectivity index (χ0n) is 14.7. The van der Waals surface area contributed by atoms with Crippen molar-refractivity contribution < 1.29 is 12.9 Å². The van der Waals surface area contributed by atoms with Crippen molar-refractivity contribution in [3.8, 4) is 0 Å². The standard InChI is InChI=1S/C16H28N4O3S/c1-11(2)13-8-20(9-14(13)19-24(3,21)22)10-15-17-16(23-18-15)12-6-4-5-7-12/h11-14,19H,4-10H2,1-3H3/t13-,14+/m0/s1. The van der Waals surface area contributed by atoms with Gasteiger partial charge < -0.3 is 4.52 Å². The summed E-state index contributed by atoms with van der Waals surface area (Å²) in [6.45, 7) is 6.41. The second-order valence-corrected chi connectivity index (χ2v) is 9.41. The topological polar surface area (TPSA) is 88.3 Å². The van der Waals surface area contributed by atoms with Crippen molar-refractivity contribution in [2.24, 2.45) is 11.8 Å². The van der Waals surface area contributed by atoms with E-state index in [4.69, 9.17) is 4.52 Å². The lowest BCUT2D eigenvalue weighted by molar-refractivity contribution is 0.282. The predicted molar refractivity (Wildman–Crippen MR) is 90.9 cm³/mol. The molecule has 1 saturated heterocycles. The molecule has 1 aliphatic heterocycles. The van der Waals surface area contributed by atoms with E-state index in [1.807, 2.05) is 0 Å². The minimum Gasteiger partial charge on any atom is -0.339 e. The van der Waals surface area contributed by atoms with Crippen LogP contribution in [0.15, 0.2) is 4.52 Å². The van der Waals surface area contributed by atoms with E-state index >= 15 is 0 Å². The zero-order valence-corrected chi connectivity index (χ0v) is 15.6. The number of aromatic nitrogens is 2. The first-order valence-corrected chi connectivity index (χ1v) is 10.7. The molecule has 2 fully saturated rings. The summed E-state index contributed by atoms with van der Waals surface area (Å²) in [5, 5.41) is 4.13. The summed E-state index contributed by atoms with van der Waals surface area (Å²) in [7, 11) is -3.20. The first kappa shape index (κ1) is 17.8. The monoisotopic (exact) mass is 356 g/mol. The van der Waals surface area contributed by atoms with Gasteiger partial charge in [0.2, 0.25) is 15.9 Å². The molecule has 0 radical (unpaired) electrons. The molecule has 0 spiro atoms. The summed E-state index contributed by atoms with van der Waals surface area (Å²) in [6.07, 6.45) is 5.98. The van der Waals surface area contributed by atoms with Crippen molar-refractivity contribution in [2.75, 3.05) is 19.3 Å². The van der Waals surface area contributed by atoms with E-state index in [0.717, 1.165) is 25.3 Å². The summed E-state index contributed by atoms with van der Waals surface area (Å²) < 4.78 is 31.4. The second kappa shape index (κ2) is 7.09. The molecule has 0 amide bonds. The Bertz CT molecular complexity index is 652. The van der Waals surface area contributed by atoms with Crippen LogP contribution in [0.5, 0.6) is 0 Å². The van der Waals surface area contributed by atoms with Gasteiger partial charge in [-0.3, -0.25) is 4.90 Å². The Morgan fingerprint density at radius 3 is 2.62 bits per heavy atom. The Labute approximate surface area is 144 Å². The number of hydrogen-bond acceptors (Lipinski definition) is 6. The van der Waals surface area contributed by atoms with Gasteiger partial charge >= 0.3 is 0 Å². The van der Waals surface area contributed by atoms with Crippen LogP contribution in [0.2, 0.25) is 0 Å². The van der Waals surface area contributed by atoms with Crippen molar-refractivity contribution in [3.05, 3.63) is 11.7 Å². The van der Waals surface area contributed by atoms with Crippen molar-refractivity contribution >= 4 is 10.0 Å². The molecule has 1 saturated carbocycles. The van der Waals surface area contributed by atoms with Crippen LogP contribution >= 0.6 is 0 Å². The van der Waals surface area contributed by atoms with Crippen molar-refractivity contribution in [3.63, 3.8) is 0 Å². The maximum atomic E-state index is 11.6. The molecule has 2 aliphatic rings. The number of nitrogens with zero attached hydrogens (tertiary/aromatic N) is 3. The Balaban J connectivity index is 1.63. The number of sulfonamides is 1. The van der Waals surface area contributed by atoms with Crippen LogP contribution in [-0.4, -0.2) is 48.8 Å². The Morgan fingerprint density at radius 1 is 1.29 bits per heavy atom. The van der Waals surface area contributed by atoms with Crippen LogP contribution in [0.25, 0.3) is 0 Å². The third-order valence-electron chi connectivity index (χ3n) is 5.22. The van der Waals surface area contributed by atoms with Gasteiger partial charge in [-0.25, -0.2) is 13.1 Å². The lowest BCUT2D eigenvalue weighted by atomic mass is 9.92. The van der Waals surface area contributed by atoms with Crippen molar-refractivity contribution in [1.82, 2.24) is 19.8 Å². The lowest BCUT2D eigenvalue weighted by Crippen LogP contribution is -2.41. The van der Waals surface area contributed by atoms with Gasteiger partial charge in [0.05, 0.1) is 12.8 Å². The molecule has 8 heteroatoms. The molecule has 1 N–H and O–H groups in total. The molecule has 2 heterocycles. The Morgan fingerprint density at radius 2 is 2.00 bits per heavy atom. The van der Waals surface area contributed by atoms with Crippen LogP contribution in [0, 0.1) is 11.8 Å². The van der Waals surface area contributed by atoms with E-state index in [1.54, 1.807) is 0 Å². The van der Waals surface area contributed by atoms with Crippen LogP contribution in [0.3, 0.4) is 0 Å². The highest BCUT2D eigenvalue weighted by atomic mass is 32.2. The summed E-state index contributed by atoms with van der Waals surface area (Å²) in [5.74, 6) is 2.61. The van der Waals surface area contributed by atoms with Crippen molar-refractivity contribution in [2.45, 2.75) is 58.0 Å². The van der Waals surface area contributed by atoms with E-state index in [-0.39, 0.29) is 6.04 Å². The zero-order chi connectivity index (χ0) is 17.3. The third-order valence-corrected chi connectivity index (χ3v) is 5.95. The Hall–Kier alpha value is -0.990. The molecule has 1 aliphatic carbocycles. The Kier molecular flexibility index (Phi) is 5.27. The van der Waals surface area contributed by atoms with Crippen LogP contribution in [-0.2, 0) is 16.6 Å². The maximum absolute atomic E-state index is 11.6. The highest BCUT2D eigenvalue weighted by Gasteiger charge is 2.36. The SMILES string of the molecule is CC(C)[C@@H]1CN(Cc2noc(C3CCCC3)n2)C[C@H]1NS(C)(=O)=O. The average Bonchev–Trinajstić information content (AvgIpc) is 3.17. The lowest BCUT2D eigenvalue weighted by Gasteiger charge is -2.21. The third kappa shape index (κ3) is 4.34. The second-order valence-electron chi connectivity index (χ2n) is 7.63. The minimum absolute atomic E-state index is 0.0544. The van der Waals surface area contributed by atoms with E-state index < -0.39 is 10.0 Å². The highest BCUT2D eigenvalue weighted by molar-refractivity contribution is 7.88. The van der Waals surface area contributed by atoms with Crippen molar-refractivity contribution in [1.29, 1.82) is 0 Å². The molecule has 136 valence electrons. The molecule has 0 unspecified atom stereocenters. The largest absolute Gasteiger partial charge is 0.339 e. The van der Waals surface area contributed by atoms with Gasteiger partial charge in [0, 0.05) is 25.0 Å². The number of nitrogens with one attached hydrogen (secondary N) is 1. The van der Waals surface area contributed by atoms with Crippen LogP contribution < -0.4 is 4.72 Å². The molecule has 0 aromatic carbocycles. The van der Waals surface area contributed by atoms with Gasteiger partial charge in [-0.15, -0.1) is 0 Å². The number of likely N-dealkylation sites (tertiary alicyclic amines) is 1.